The summed E-state index contributed by atoms with van der Waals surface area (Å²) in [4.78, 5) is 29.3. The molecule has 8 nitrogen and oxygen atoms in total. The predicted molar refractivity (Wildman–Crippen MR) is 133 cm³/mol. The van der Waals surface area contributed by atoms with Crippen molar-refractivity contribution in [3.8, 4) is 5.69 Å². The summed E-state index contributed by atoms with van der Waals surface area (Å²) in [5.41, 5.74) is 2.33. The van der Waals surface area contributed by atoms with Crippen LogP contribution in [0.15, 0.2) is 66.4 Å². The minimum absolute atomic E-state index is 0.0463. The Kier molecular flexibility index (Phi) is 6.91. The van der Waals surface area contributed by atoms with Gasteiger partial charge in [-0.15, -0.1) is 0 Å². The lowest BCUT2D eigenvalue weighted by atomic mass is 9.95. The summed E-state index contributed by atoms with van der Waals surface area (Å²) in [6.07, 6.45) is 1.47. The number of nitrogens with zero attached hydrogens (tertiary/aromatic N) is 3. The van der Waals surface area contributed by atoms with Gasteiger partial charge in [-0.2, -0.15) is 5.10 Å². The van der Waals surface area contributed by atoms with E-state index in [1.807, 2.05) is 30.3 Å². The zero-order valence-electron chi connectivity index (χ0n) is 19.9. The molecule has 0 spiro atoms. The molecule has 9 heteroatoms. The monoisotopic (exact) mass is 506 g/mol. The van der Waals surface area contributed by atoms with Crippen molar-refractivity contribution < 1.29 is 24.3 Å². The van der Waals surface area contributed by atoms with E-state index in [1.54, 1.807) is 35.9 Å². The maximum atomic E-state index is 13.8. The topological polar surface area (TPSA) is 91.9 Å². The first-order chi connectivity index (χ1) is 17.5. The maximum Gasteiger partial charge on any atom is 0.295 e. The summed E-state index contributed by atoms with van der Waals surface area (Å²) in [7, 11) is 0. The molecule has 2 fully saturated rings. The molecule has 0 radical (unpaired) electrons. The Balaban J connectivity index is 1.55. The zero-order chi connectivity index (χ0) is 25.2. The Bertz CT molecular complexity index is 1300. The molecule has 1 unspecified atom stereocenters. The number of hydrogen-bond acceptors (Lipinski definition) is 5. The maximum absolute atomic E-state index is 13.8. The molecule has 3 aromatic rings. The fourth-order valence-corrected chi connectivity index (χ4v) is 5.01. The minimum Gasteiger partial charge on any atom is -0.872 e. The van der Waals surface area contributed by atoms with Gasteiger partial charge in [-0.1, -0.05) is 47.7 Å². The molecule has 2 aromatic carbocycles. The molecule has 5 rings (SSSR count). The van der Waals surface area contributed by atoms with Crippen LogP contribution < -0.4 is 10.0 Å². The van der Waals surface area contributed by atoms with Gasteiger partial charge in [0.2, 0.25) is 5.78 Å². The molecule has 2 aliphatic heterocycles. The first-order valence-corrected chi connectivity index (χ1v) is 12.4. The van der Waals surface area contributed by atoms with Gasteiger partial charge in [0.05, 0.1) is 44.2 Å². The summed E-state index contributed by atoms with van der Waals surface area (Å²) < 4.78 is 7.09. The summed E-state index contributed by atoms with van der Waals surface area (Å²) in [6, 6.07) is 15.6. The fourth-order valence-electron chi connectivity index (χ4n) is 4.89. The third kappa shape index (κ3) is 4.55. The lowest BCUT2D eigenvalue weighted by Crippen LogP contribution is -3.14. The van der Waals surface area contributed by atoms with E-state index in [0.29, 0.717) is 48.1 Å². The molecule has 1 amide bonds. The van der Waals surface area contributed by atoms with Gasteiger partial charge < -0.3 is 19.6 Å². The Morgan fingerprint density at radius 2 is 1.81 bits per heavy atom. The zero-order valence-corrected chi connectivity index (χ0v) is 20.7. The van der Waals surface area contributed by atoms with Gasteiger partial charge in [-0.25, -0.2) is 4.68 Å². The number of nitrogens with one attached hydrogen (secondary N) is 1. The number of carbonyl (C=O) groups is 2. The third-order valence-electron chi connectivity index (χ3n) is 6.88. The number of ether oxygens (including phenoxy) is 1. The lowest BCUT2D eigenvalue weighted by molar-refractivity contribution is -0.907. The average Bonchev–Trinajstić information content (AvgIpc) is 3.41. The van der Waals surface area contributed by atoms with Crippen LogP contribution >= 0.6 is 11.6 Å². The van der Waals surface area contributed by atoms with Gasteiger partial charge in [0.15, 0.2) is 0 Å². The van der Waals surface area contributed by atoms with Crippen molar-refractivity contribution >= 4 is 29.1 Å². The number of aromatic nitrogens is 2. The second-order valence-electron chi connectivity index (χ2n) is 9.03. The van der Waals surface area contributed by atoms with E-state index in [4.69, 9.17) is 16.3 Å². The van der Waals surface area contributed by atoms with Crippen molar-refractivity contribution in [2.75, 3.05) is 39.4 Å². The number of halogens is 1. The quantitative estimate of drug-likeness (QED) is 0.306. The molecule has 0 bridgehead atoms. The Morgan fingerprint density at radius 1 is 1.11 bits per heavy atom. The van der Waals surface area contributed by atoms with E-state index in [0.717, 1.165) is 18.8 Å². The van der Waals surface area contributed by atoms with Crippen LogP contribution in [0.3, 0.4) is 0 Å². The third-order valence-corrected chi connectivity index (χ3v) is 7.13. The van der Waals surface area contributed by atoms with Crippen molar-refractivity contribution in [2.45, 2.75) is 13.0 Å². The van der Waals surface area contributed by atoms with E-state index >= 15 is 0 Å². The SMILES string of the molecule is Cc1c(C([O-])=C2C(=O)C(=O)N(CC[NH+]3CCOCC3)C2c2ccc(Cl)cc2)cnn1-c1ccccc1. The van der Waals surface area contributed by atoms with Gasteiger partial charge in [-0.3, -0.25) is 9.59 Å². The lowest BCUT2D eigenvalue weighted by Gasteiger charge is -2.30. The van der Waals surface area contributed by atoms with E-state index in [1.165, 1.54) is 16.0 Å². The van der Waals surface area contributed by atoms with Gasteiger partial charge in [0, 0.05) is 21.9 Å². The van der Waals surface area contributed by atoms with Crippen molar-refractivity contribution in [3.63, 3.8) is 0 Å². The largest absolute Gasteiger partial charge is 0.872 e. The molecular formula is C27H27ClN4O4. The molecule has 186 valence electrons. The number of ketones is 1. The number of morpholine rings is 1. The van der Waals surface area contributed by atoms with Crippen molar-refractivity contribution in [3.05, 3.63) is 88.2 Å². The number of hydrogen-bond donors (Lipinski definition) is 1. The van der Waals surface area contributed by atoms with Crippen LogP contribution in [0, 0.1) is 6.92 Å². The van der Waals surface area contributed by atoms with Crippen LogP contribution in [0.1, 0.15) is 22.9 Å². The number of benzene rings is 2. The predicted octanol–water partition coefficient (Wildman–Crippen LogP) is 0.973. The second kappa shape index (κ2) is 10.3. The van der Waals surface area contributed by atoms with Crippen LogP contribution in [0.5, 0.6) is 0 Å². The molecule has 0 aliphatic carbocycles. The summed E-state index contributed by atoms with van der Waals surface area (Å²) in [5, 5.41) is 18.8. The van der Waals surface area contributed by atoms with Crippen molar-refractivity contribution in [2.24, 2.45) is 0 Å². The Labute approximate surface area is 214 Å². The summed E-state index contributed by atoms with van der Waals surface area (Å²) in [6.45, 7) is 5.83. The standard InChI is InChI=1S/C27H27ClN4O4/c1-18-22(17-29-32(18)21-5-3-2-4-6-21)25(33)23-24(19-7-9-20(28)10-8-19)31(27(35)26(23)34)12-11-30-13-15-36-16-14-30/h2-10,17,24,33H,11-16H2,1H3. The van der Waals surface area contributed by atoms with Crippen LogP contribution in [0.4, 0.5) is 0 Å². The number of likely N-dealkylation sites (tertiary alicyclic amines) is 1. The Hall–Kier alpha value is -3.46. The highest BCUT2D eigenvalue weighted by molar-refractivity contribution is 6.46. The number of para-hydroxylation sites is 1. The van der Waals surface area contributed by atoms with Crippen molar-refractivity contribution in [1.29, 1.82) is 0 Å². The van der Waals surface area contributed by atoms with Crippen LogP contribution in [-0.4, -0.2) is 65.8 Å². The molecule has 2 saturated heterocycles. The fraction of sp³-hybridized carbons (Fsp3) is 0.296. The number of quaternary nitrogens is 1. The molecule has 2 aliphatic rings. The normalized spacial score (nSPS) is 20.3. The highest BCUT2D eigenvalue weighted by atomic mass is 35.5. The van der Waals surface area contributed by atoms with Gasteiger partial charge >= 0.3 is 0 Å². The molecule has 1 atom stereocenters. The molecule has 1 N–H and O–H groups in total. The van der Waals surface area contributed by atoms with Gasteiger partial charge in [0.1, 0.15) is 13.1 Å². The molecular weight excluding hydrogens is 480 g/mol. The first kappa shape index (κ1) is 24.2. The number of carbonyl (C=O) groups excluding carboxylic acids is 2. The summed E-state index contributed by atoms with van der Waals surface area (Å²) >= 11 is 6.10. The first-order valence-electron chi connectivity index (χ1n) is 12.0. The van der Waals surface area contributed by atoms with Gasteiger partial charge in [-0.05, 0) is 36.8 Å². The molecule has 3 heterocycles. The second-order valence-corrected chi connectivity index (χ2v) is 9.46. The summed E-state index contributed by atoms with van der Waals surface area (Å²) in [5.74, 6) is -1.89. The van der Waals surface area contributed by atoms with E-state index < -0.39 is 23.5 Å². The highest BCUT2D eigenvalue weighted by Gasteiger charge is 2.44. The smallest absolute Gasteiger partial charge is 0.295 e. The average molecular weight is 507 g/mol. The number of Topliss-reactive ketones (excluding diaryl/α,β-unsaturated/α-hetero) is 1. The van der Waals surface area contributed by atoms with Gasteiger partial charge in [0.25, 0.3) is 5.91 Å². The van der Waals surface area contributed by atoms with E-state index in [-0.39, 0.29) is 5.57 Å². The number of rotatable bonds is 6. The molecule has 36 heavy (non-hydrogen) atoms. The Morgan fingerprint density at radius 3 is 2.50 bits per heavy atom. The van der Waals surface area contributed by atoms with Crippen LogP contribution in [-0.2, 0) is 14.3 Å². The minimum atomic E-state index is -0.783. The molecule has 0 saturated carbocycles. The molecule has 1 aromatic heterocycles. The van der Waals surface area contributed by atoms with E-state index in [2.05, 4.69) is 5.10 Å². The van der Waals surface area contributed by atoms with Crippen molar-refractivity contribution in [1.82, 2.24) is 14.7 Å². The van der Waals surface area contributed by atoms with Crippen LogP contribution in [0.2, 0.25) is 5.02 Å². The van der Waals surface area contributed by atoms with Crippen LogP contribution in [0.25, 0.3) is 11.4 Å². The number of amides is 1. The van der Waals surface area contributed by atoms with E-state index in [9.17, 15) is 14.7 Å². The highest BCUT2D eigenvalue weighted by Crippen LogP contribution is 2.39.